The molecular weight excluding hydrogens is 427 g/mol. The van der Waals surface area contributed by atoms with E-state index in [9.17, 15) is 13.2 Å². The number of hydrogen-bond donors (Lipinski definition) is 1. The van der Waals surface area contributed by atoms with Crippen LogP contribution in [0.2, 0.25) is 0 Å². The molecular formula is C19H22F3N9O. The Kier molecular flexibility index (Phi) is 5.51. The normalized spacial score (nSPS) is 17.8. The molecule has 0 aliphatic carbocycles. The van der Waals surface area contributed by atoms with Crippen LogP contribution < -0.4 is 15.1 Å². The molecule has 2 saturated heterocycles. The van der Waals surface area contributed by atoms with Crippen molar-refractivity contribution in [3.05, 3.63) is 18.7 Å². The molecule has 3 aromatic rings. The van der Waals surface area contributed by atoms with Gasteiger partial charge in [0.25, 0.3) is 0 Å². The molecule has 2 aliphatic heterocycles. The van der Waals surface area contributed by atoms with Crippen molar-refractivity contribution < 1.29 is 17.9 Å². The summed E-state index contributed by atoms with van der Waals surface area (Å²) in [6.45, 7) is 3.40. The Bertz CT molecular complexity index is 1080. The number of rotatable bonds is 4. The van der Waals surface area contributed by atoms with E-state index in [1.54, 1.807) is 12.4 Å². The smallest absolute Gasteiger partial charge is 0.378 e. The van der Waals surface area contributed by atoms with E-state index in [1.807, 2.05) is 9.80 Å². The first kappa shape index (κ1) is 20.8. The second-order valence-corrected chi connectivity index (χ2v) is 7.62. The summed E-state index contributed by atoms with van der Waals surface area (Å²) in [4.78, 5) is 25.7. The summed E-state index contributed by atoms with van der Waals surface area (Å²) >= 11 is 0. The Labute approximate surface area is 181 Å². The van der Waals surface area contributed by atoms with Crippen molar-refractivity contribution in [2.24, 2.45) is 0 Å². The van der Waals surface area contributed by atoms with Crippen LogP contribution in [0.4, 0.5) is 24.9 Å². The van der Waals surface area contributed by atoms with Gasteiger partial charge in [-0.15, -0.1) is 0 Å². The van der Waals surface area contributed by atoms with Crippen molar-refractivity contribution in [2.45, 2.75) is 12.7 Å². The van der Waals surface area contributed by atoms with Crippen molar-refractivity contribution in [3.8, 4) is 11.4 Å². The van der Waals surface area contributed by atoms with Crippen molar-refractivity contribution >= 4 is 22.9 Å². The van der Waals surface area contributed by atoms with Gasteiger partial charge in [-0.05, 0) is 0 Å². The second kappa shape index (κ2) is 8.47. The zero-order valence-corrected chi connectivity index (χ0v) is 17.2. The summed E-state index contributed by atoms with van der Waals surface area (Å²) in [6.07, 6.45) is 0.0235. The molecule has 0 atom stereocenters. The van der Waals surface area contributed by atoms with Crippen molar-refractivity contribution in [3.63, 3.8) is 0 Å². The fraction of sp³-hybridized carbons (Fsp3) is 0.526. The molecule has 5 heterocycles. The maximum atomic E-state index is 13.6. The molecule has 0 amide bonds. The Balaban J connectivity index is 1.73. The molecule has 0 aromatic carbocycles. The van der Waals surface area contributed by atoms with Crippen LogP contribution in [-0.4, -0.2) is 88.1 Å². The van der Waals surface area contributed by atoms with E-state index in [4.69, 9.17) is 4.74 Å². The van der Waals surface area contributed by atoms with Gasteiger partial charge >= 0.3 is 6.18 Å². The van der Waals surface area contributed by atoms with Crippen molar-refractivity contribution in [1.29, 1.82) is 0 Å². The van der Waals surface area contributed by atoms with Crippen LogP contribution in [0.15, 0.2) is 18.7 Å². The third-order valence-electron chi connectivity index (χ3n) is 5.42. The molecule has 1 N–H and O–H groups in total. The van der Waals surface area contributed by atoms with Crippen molar-refractivity contribution in [1.82, 2.24) is 34.8 Å². The minimum atomic E-state index is -4.43. The molecule has 2 aliphatic rings. The van der Waals surface area contributed by atoms with E-state index in [1.165, 1.54) is 6.33 Å². The summed E-state index contributed by atoms with van der Waals surface area (Å²) in [5.41, 5.74) is 1.02. The maximum absolute atomic E-state index is 13.6. The van der Waals surface area contributed by atoms with E-state index in [0.29, 0.717) is 69.4 Å². The average molecular weight is 449 g/mol. The number of fused-ring (bicyclic) bond motifs is 1. The molecule has 0 saturated carbocycles. The van der Waals surface area contributed by atoms with E-state index in [0.717, 1.165) is 4.57 Å². The van der Waals surface area contributed by atoms with E-state index >= 15 is 0 Å². The highest BCUT2D eigenvalue weighted by molar-refractivity contribution is 5.88. The van der Waals surface area contributed by atoms with Crippen LogP contribution in [-0.2, 0) is 11.3 Å². The van der Waals surface area contributed by atoms with Gasteiger partial charge in [0.15, 0.2) is 22.8 Å². The van der Waals surface area contributed by atoms with Gasteiger partial charge in [-0.25, -0.2) is 24.9 Å². The molecule has 3 aromatic heterocycles. The van der Waals surface area contributed by atoms with Gasteiger partial charge < -0.3 is 19.9 Å². The lowest BCUT2D eigenvalue weighted by Crippen LogP contribution is -2.45. The predicted molar refractivity (Wildman–Crippen MR) is 111 cm³/mol. The molecule has 170 valence electrons. The second-order valence-electron chi connectivity index (χ2n) is 7.62. The van der Waals surface area contributed by atoms with Crippen molar-refractivity contribution in [2.75, 3.05) is 62.3 Å². The van der Waals surface area contributed by atoms with Crippen LogP contribution in [0.3, 0.4) is 0 Å². The predicted octanol–water partition coefficient (Wildman–Crippen LogP) is 1.09. The Morgan fingerprint density at radius 2 is 1.66 bits per heavy atom. The first-order chi connectivity index (χ1) is 15.5. The van der Waals surface area contributed by atoms with Gasteiger partial charge in [0.1, 0.15) is 12.9 Å². The summed E-state index contributed by atoms with van der Waals surface area (Å²) in [7, 11) is 0. The number of ether oxygens (including phenoxy) is 1. The fourth-order valence-electron chi connectivity index (χ4n) is 3.95. The Morgan fingerprint density at radius 3 is 2.34 bits per heavy atom. The first-order valence-corrected chi connectivity index (χ1v) is 10.4. The standard InChI is InChI=1S/C19H22F3N9O/c20-19(21,22)11-31-17-14(26-18(31)30-3-1-23-2-4-30)16(29-5-7-32-8-6-29)27-15(28-17)13-9-24-12-25-10-13/h9-10,12,23H,1-8,11H2. The third kappa shape index (κ3) is 4.17. The number of nitrogens with one attached hydrogen (secondary N) is 1. The van der Waals surface area contributed by atoms with Gasteiger partial charge in [-0.1, -0.05) is 0 Å². The molecule has 0 radical (unpaired) electrons. The Morgan fingerprint density at radius 1 is 0.938 bits per heavy atom. The summed E-state index contributed by atoms with van der Waals surface area (Å²) < 4.78 is 47.4. The van der Waals surface area contributed by atoms with Crippen LogP contribution in [0, 0.1) is 0 Å². The molecule has 5 rings (SSSR count). The number of morpholine rings is 1. The van der Waals surface area contributed by atoms with Gasteiger partial charge in [0, 0.05) is 51.7 Å². The molecule has 10 nitrogen and oxygen atoms in total. The van der Waals surface area contributed by atoms with Gasteiger partial charge in [0.05, 0.1) is 18.8 Å². The first-order valence-electron chi connectivity index (χ1n) is 10.4. The lowest BCUT2D eigenvalue weighted by Gasteiger charge is -2.28. The SMILES string of the molecule is FC(F)(F)Cn1c(N2CCNCC2)nc2c(N3CCOCC3)nc(-c3cncnc3)nc21. The number of hydrogen-bond acceptors (Lipinski definition) is 9. The molecule has 0 bridgehead atoms. The number of imidazole rings is 1. The van der Waals surface area contributed by atoms with E-state index in [2.05, 4.69) is 30.2 Å². The highest BCUT2D eigenvalue weighted by atomic mass is 19.4. The molecule has 0 unspecified atom stereocenters. The monoisotopic (exact) mass is 449 g/mol. The molecule has 0 spiro atoms. The molecule has 2 fully saturated rings. The lowest BCUT2D eigenvalue weighted by atomic mass is 10.3. The highest BCUT2D eigenvalue weighted by Crippen LogP contribution is 2.33. The minimum Gasteiger partial charge on any atom is -0.378 e. The highest BCUT2D eigenvalue weighted by Gasteiger charge is 2.34. The number of nitrogens with zero attached hydrogens (tertiary/aromatic N) is 8. The van der Waals surface area contributed by atoms with Crippen LogP contribution in [0.25, 0.3) is 22.6 Å². The largest absolute Gasteiger partial charge is 0.406 e. The molecule has 13 heteroatoms. The summed E-state index contributed by atoms with van der Waals surface area (Å²) in [5, 5.41) is 3.21. The maximum Gasteiger partial charge on any atom is 0.406 e. The minimum absolute atomic E-state index is 0.145. The number of anilines is 2. The lowest BCUT2D eigenvalue weighted by molar-refractivity contribution is -0.139. The van der Waals surface area contributed by atoms with Crippen LogP contribution in [0.1, 0.15) is 0 Å². The van der Waals surface area contributed by atoms with E-state index < -0.39 is 12.7 Å². The molecule has 32 heavy (non-hydrogen) atoms. The quantitative estimate of drug-likeness (QED) is 0.628. The zero-order chi connectivity index (χ0) is 22.1. The number of piperazine rings is 1. The fourth-order valence-corrected chi connectivity index (χ4v) is 3.95. The zero-order valence-electron chi connectivity index (χ0n) is 17.2. The van der Waals surface area contributed by atoms with Gasteiger partial charge in [-0.2, -0.15) is 13.2 Å². The van der Waals surface area contributed by atoms with Crippen LogP contribution >= 0.6 is 0 Å². The van der Waals surface area contributed by atoms with Gasteiger partial charge in [0.2, 0.25) is 5.95 Å². The average Bonchev–Trinajstić information content (AvgIpc) is 3.17. The number of halogens is 3. The number of alkyl halides is 3. The summed E-state index contributed by atoms with van der Waals surface area (Å²) in [6, 6.07) is 0. The van der Waals surface area contributed by atoms with Gasteiger partial charge in [-0.3, -0.25) is 4.57 Å². The topological polar surface area (TPSA) is 97.1 Å². The number of aromatic nitrogens is 6. The third-order valence-corrected chi connectivity index (χ3v) is 5.42. The Hall–Kier alpha value is -3.06. The summed E-state index contributed by atoms with van der Waals surface area (Å²) in [5.74, 6) is 1.01. The van der Waals surface area contributed by atoms with Crippen LogP contribution in [0.5, 0.6) is 0 Å². The van der Waals surface area contributed by atoms with E-state index in [-0.39, 0.29) is 17.4 Å².